The molecule has 0 amide bonds. The van der Waals surface area contributed by atoms with E-state index < -0.39 is 11.9 Å². The Balaban J connectivity index is 0.000000157. The number of cyclic esters (lactones) is 2. The van der Waals surface area contributed by atoms with Gasteiger partial charge in [-0.3, -0.25) is 24.0 Å². The van der Waals surface area contributed by atoms with Crippen LogP contribution in [0.3, 0.4) is 0 Å². The molecule has 0 aromatic heterocycles. The van der Waals surface area contributed by atoms with Crippen LogP contribution in [0.5, 0.6) is 0 Å². The van der Waals surface area contributed by atoms with Gasteiger partial charge >= 0.3 is 29.8 Å². The molecule has 15 nitrogen and oxygen atoms in total. The number of carbonyl (C=O) groups is 5. The van der Waals surface area contributed by atoms with E-state index in [1.165, 1.54) is 180 Å². The summed E-state index contributed by atoms with van der Waals surface area (Å²) in [5.74, 6) is 20.6. The van der Waals surface area contributed by atoms with E-state index >= 15 is 0 Å². The van der Waals surface area contributed by atoms with Gasteiger partial charge in [-0.2, -0.15) is 0 Å². The zero-order chi connectivity index (χ0) is 92.2. The fourth-order valence-corrected chi connectivity index (χ4v) is 31.7. The average molecular weight is 1780 g/mol. The minimum atomic E-state index is -0.396. The Kier molecular flexibility index (Phi) is 42.2. The molecule has 3 N–H and O–H groups in total. The number of aliphatic hydroxyl groups is 3. The number of carbonyl (C=O) groups excluding carboxylic acids is 5. The van der Waals surface area contributed by atoms with Crippen molar-refractivity contribution in [3.05, 3.63) is 0 Å². The first-order valence-corrected chi connectivity index (χ1v) is 55.1. The number of hydrogen-bond donors (Lipinski definition) is 3. The first-order chi connectivity index (χ1) is 61.0. The lowest BCUT2D eigenvalue weighted by atomic mass is 9.49. The Labute approximate surface area is 776 Å². The third-order valence-electron chi connectivity index (χ3n) is 39.8. The molecule has 17 aliphatic carbocycles. The van der Waals surface area contributed by atoms with E-state index in [-0.39, 0.29) is 82.6 Å². The predicted molar refractivity (Wildman–Crippen MR) is 512 cm³/mol. The lowest BCUT2D eigenvalue weighted by Crippen LogP contribution is -2.59. The van der Waals surface area contributed by atoms with Crippen molar-refractivity contribution in [2.75, 3.05) is 40.6 Å². The van der Waals surface area contributed by atoms with E-state index in [1.54, 1.807) is 28.1 Å². The summed E-state index contributed by atoms with van der Waals surface area (Å²) in [6.45, 7) is 42.6. The molecule has 0 spiro atoms. The summed E-state index contributed by atoms with van der Waals surface area (Å²) in [4.78, 5) is 59.7. The number of methoxy groups -OCH3 is 2. The second kappa shape index (κ2) is 50.4. The van der Waals surface area contributed by atoms with Crippen molar-refractivity contribution in [1.82, 2.24) is 0 Å². The summed E-state index contributed by atoms with van der Waals surface area (Å²) >= 11 is 0. The minimum absolute atomic E-state index is 0.0526. The molecule has 734 valence electrons. The van der Waals surface area contributed by atoms with Gasteiger partial charge in [-0.05, 0) is 404 Å². The molecule has 1 saturated heterocycles. The zero-order valence-corrected chi connectivity index (χ0v) is 85.1. The lowest BCUT2D eigenvalue weighted by molar-refractivity contribution is -0.215. The third-order valence-corrected chi connectivity index (χ3v) is 39.8. The number of rotatable bonds is 36. The maximum absolute atomic E-state index is 13.2. The van der Waals surface area contributed by atoms with Crippen molar-refractivity contribution < 1.29 is 72.5 Å². The number of hydrogen-bond acceptors (Lipinski definition) is 15. The van der Waals surface area contributed by atoms with Crippen molar-refractivity contribution in [3.8, 4) is 0 Å². The SMILES string of the molecule is CC1C(=O)OC(=O)C1C.CCC(C)C(=O)OC1(CC)C2CC3CC(C2)CC1C3.CCC1CC(CC)C(C(=O)OC2(CC)C3CC4CC(C3)CC2C4)C1.CCC1CC(CC)C(C(O)CCCCOC)C1.CCC1CC(CC)C(C(O)CCCCOC)C1.CCC1CC(CC)C2C3CC(CC3C(=O)OC3(CC)CCCC3)C12.CCOCCCC(O)C1CC2CC1C(C)C2C. The second-order valence-electron chi connectivity index (χ2n) is 46.1. The zero-order valence-electron chi connectivity index (χ0n) is 85.1. The van der Waals surface area contributed by atoms with Gasteiger partial charge in [0.25, 0.3) is 0 Å². The molecular formula is C112H196O15. The van der Waals surface area contributed by atoms with Crippen LogP contribution in [0, 0.1) is 189 Å². The fourth-order valence-electron chi connectivity index (χ4n) is 31.7. The van der Waals surface area contributed by atoms with E-state index in [1.807, 2.05) is 13.8 Å². The van der Waals surface area contributed by atoms with E-state index in [2.05, 4.69) is 102 Å². The van der Waals surface area contributed by atoms with Crippen LogP contribution in [-0.4, -0.2) is 121 Å². The Morgan fingerprint density at radius 2 is 0.835 bits per heavy atom. The minimum Gasteiger partial charge on any atom is -0.459 e. The number of ether oxygens (including phenoxy) is 7. The van der Waals surface area contributed by atoms with Gasteiger partial charge < -0.3 is 48.5 Å². The summed E-state index contributed by atoms with van der Waals surface area (Å²) in [5, 5.41) is 31.0. The Morgan fingerprint density at radius 1 is 0.402 bits per heavy atom. The molecule has 17 saturated carbocycles. The standard InChI is InChI=1S/2C22H36O2.C17H28O2.C15H28O2.2C15H30O2.C6H8O3/c1-4-14-8-17(5-2)20(13-14)21(23)24-22(6-3)18-9-15-7-16(11-18)12-19(22)10-15;1-4-14-11-15(5-2)20-17-12-16(19(14)20)13-18(17)21(23)24-22(6-3)9-7-8-10-22;1-4-11(3)16(18)19-17(5-2)14-7-12-6-13(9-14)10-15(17)8-12;1-4-17-7-5-6-15(16)14-9-12-8-13(14)11(3)10(12)2;2*1-4-12-10-13(5-2)14(11-12)15(16)8-6-7-9-17-3;1-3-4(2)6(8)9-5(3)7/h2*14-20H,4-13H2,1-3H3;11-15H,4-10H2,1-3H3;10-16H,4-9H2,1-3H3;2*12-16H,4-11H2,1-3H3;3-4H,1-2H3. The van der Waals surface area contributed by atoms with Crippen LogP contribution in [0.25, 0.3) is 0 Å². The van der Waals surface area contributed by atoms with E-state index in [9.17, 15) is 39.3 Å². The fraction of sp³-hybridized carbons (Fsp3) is 0.955. The van der Waals surface area contributed by atoms with Crippen molar-refractivity contribution in [2.24, 2.45) is 189 Å². The molecule has 0 radical (unpaired) electrons. The van der Waals surface area contributed by atoms with Crippen molar-refractivity contribution in [3.63, 3.8) is 0 Å². The van der Waals surface area contributed by atoms with Gasteiger partial charge in [0.2, 0.25) is 0 Å². The summed E-state index contributed by atoms with van der Waals surface area (Å²) in [5.41, 5.74) is -0.314. The highest BCUT2D eigenvalue weighted by molar-refractivity contribution is 5.95. The lowest BCUT2D eigenvalue weighted by Gasteiger charge is -2.60. The van der Waals surface area contributed by atoms with Crippen molar-refractivity contribution >= 4 is 29.8 Å². The van der Waals surface area contributed by atoms with E-state index in [0.717, 1.165) is 242 Å². The maximum atomic E-state index is 13.2. The average Bonchev–Trinajstić information content (AvgIpc) is 1.66. The number of aliphatic hydroxyl groups excluding tert-OH is 3. The molecule has 27 atom stereocenters. The van der Waals surface area contributed by atoms with Crippen LogP contribution in [-0.2, 0) is 57.1 Å². The largest absolute Gasteiger partial charge is 0.459 e. The summed E-state index contributed by atoms with van der Waals surface area (Å²) in [6, 6.07) is 0. The van der Waals surface area contributed by atoms with E-state index in [4.69, 9.17) is 28.4 Å². The van der Waals surface area contributed by atoms with Crippen LogP contribution >= 0.6 is 0 Å². The molecule has 127 heavy (non-hydrogen) atoms. The van der Waals surface area contributed by atoms with Crippen LogP contribution in [0.15, 0.2) is 0 Å². The first-order valence-electron chi connectivity index (χ1n) is 55.1. The summed E-state index contributed by atoms with van der Waals surface area (Å²) in [6.07, 6.45) is 54.1. The molecule has 1 heterocycles. The summed E-state index contributed by atoms with van der Waals surface area (Å²) < 4.78 is 38.7. The Bertz CT molecular complexity index is 3110. The predicted octanol–water partition coefficient (Wildman–Crippen LogP) is 26.1. The van der Waals surface area contributed by atoms with Gasteiger partial charge in [-0.15, -0.1) is 0 Å². The quantitative estimate of drug-likeness (QED) is 0.0231. The molecule has 0 aromatic carbocycles. The molecule has 0 aromatic rings. The molecule has 12 bridgehead atoms. The Morgan fingerprint density at radius 3 is 1.24 bits per heavy atom. The molecule has 15 heteroatoms. The van der Waals surface area contributed by atoms with Gasteiger partial charge in [0.15, 0.2) is 0 Å². The highest BCUT2D eigenvalue weighted by Gasteiger charge is 2.64. The number of esters is 5. The molecular weight excluding hydrogens is 1590 g/mol. The topological polar surface area (TPSA) is 211 Å². The number of unbranched alkanes of at least 4 members (excludes halogenated alkanes) is 2. The maximum Gasteiger partial charge on any atom is 0.317 e. The summed E-state index contributed by atoms with van der Waals surface area (Å²) in [7, 11) is 3.48. The van der Waals surface area contributed by atoms with Crippen molar-refractivity contribution in [1.29, 1.82) is 0 Å². The van der Waals surface area contributed by atoms with E-state index in [0.29, 0.717) is 53.3 Å². The number of fused-ring (bicyclic) bond motifs is 7. The van der Waals surface area contributed by atoms with Gasteiger partial charge in [0, 0.05) is 40.6 Å². The molecule has 1 aliphatic heterocycles. The van der Waals surface area contributed by atoms with Gasteiger partial charge in [0.05, 0.1) is 47.9 Å². The molecule has 18 rings (SSSR count). The molecule has 18 aliphatic rings. The normalized spacial score (nSPS) is 41.0. The highest BCUT2D eigenvalue weighted by Crippen LogP contribution is 2.67. The second-order valence-corrected chi connectivity index (χ2v) is 46.1. The highest BCUT2D eigenvalue weighted by atomic mass is 16.6. The van der Waals surface area contributed by atoms with Crippen LogP contribution in [0.2, 0.25) is 0 Å². The van der Waals surface area contributed by atoms with Gasteiger partial charge in [-0.1, -0.05) is 169 Å². The van der Waals surface area contributed by atoms with Crippen LogP contribution in [0.4, 0.5) is 0 Å². The van der Waals surface area contributed by atoms with Crippen molar-refractivity contribution in [2.45, 2.75) is 449 Å². The van der Waals surface area contributed by atoms with Gasteiger partial charge in [-0.25, -0.2) is 0 Å². The Hall–Kier alpha value is -2.69. The monoisotopic (exact) mass is 1780 g/mol. The smallest absolute Gasteiger partial charge is 0.317 e. The first kappa shape index (κ1) is 106. The van der Waals surface area contributed by atoms with Crippen LogP contribution in [0.1, 0.15) is 414 Å². The third kappa shape index (κ3) is 25.6. The molecule has 18 fully saturated rings. The van der Waals surface area contributed by atoms with Crippen LogP contribution < -0.4 is 0 Å². The molecule has 27 unspecified atom stereocenters. The van der Waals surface area contributed by atoms with Gasteiger partial charge in [0.1, 0.15) is 16.8 Å².